The van der Waals surface area contributed by atoms with Crippen LogP contribution in [0, 0.1) is 5.92 Å². The van der Waals surface area contributed by atoms with Crippen LogP contribution in [0.4, 0.5) is 15.3 Å². The average molecular weight is 586 g/mol. The number of ether oxygens (including phenoxy) is 3. The fourth-order valence-corrected chi connectivity index (χ4v) is 6.72. The molecule has 1 saturated carbocycles. The lowest BCUT2D eigenvalue weighted by Crippen LogP contribution is -2.51. The van der Waals surface area contributed by atoms with Crippen molar-refractivity contribution in [3.63, 3.8) is 0 Å². The number of fused-ring (bicyclic) bond motifs is 1. The molecular weight excluding hydrogens is 550 g/mol. The number of anilines is 1. The highest BCUT2D eigenvalue weighted by atomic mass is 35.5. The third-order valence-electron chi connectivity index (χ3n) is 8.40. The molecule has 12 heteroatoms. The standard InChI is InChI=1S/C29H36ClN5O6/c1-28(2,3)40-26(37)35-17-29(41-27(35)38)13-18(14-29)16-34-23(12-24-22(30)15-31-32(24)4)21-11-19(5-6-20(21)25(34)36)33-7-9-39-10-8-33/h5-6,11,15,18,23H,7-10,12-14,16-17H2,1-4H3. The van der Waals surface area contributed by atoms with Gasteiger partial charge in [0.25, 0.3) is 5.91 Å². The number of hydrogen-bond acceptors (Lipinski definition) is 8. The van der Waals surface area contributed by atoms with Gasteiger partial charge in [-0.3, -0.25) is 9.48 Å². The van der Waals surface area contributed by atoms with Crippen molar-refractivity contribution >= 4 is 35.4 Å². The van der Waals surface area contributed by atoms with E-state index in [0.29, 0.717) is 49.6 Å². The van der Waals surface area contributed by atoms with Crippen LogP contribution >= 0.6 is 11.6 Å². The summed E-state index contributed by atoms with van der Waals surface area (Å²) in [7, 11) is 1.86. The molecule has 2 aromatic rings. The van der Waals surface area contributed by atoms with E-state index in [1.54, 1.807) is 31.6 Å². The van der Waals surface area contributed by atoms with Gasteiger partial charge in [0.15, 0.2) is 0 Å². The fraction of sp³-hybridized carbons (Fsp3) is 0.586. The predicted molar refractivity (Wildman–Crippen MR) is 150 cm³/mol. The van der Waals surface area contributed by atoms with Crippen molar-refractivity contribution in [3.8, 4) is 0 Å². The van der Waals surface area contributed by atoms with Gasteiger partial charge in [-0.05, 0) is 63.3 Å². The summed E-state index contributed by atoms with van der Waals surface area (Å²) < 4.78 is 18.3. The Labute approximate surface area is 244 Å². The Bertz CT molecular complexity index is 1350. The smallest absolute Gasteiger partial charge is 0.420 e. The second-order valence-electron chi connectivity index (χ2n) is 12.5. The quantitative estimate of drug-likeness (QED) is 0.514. The van der Waals surface area contributed by atoms with Crippen LogP contribution in [-0.4, -0.2) is 88.3 Å². The van der Waals surface area contributed by atoms with E-state index in [1.165, 1.54) is 0 Å². The highest BCUT2D eigenvalue weighted by molar-refractivity contribution is 6.31. The van der Waals surface area contributed by atoms with Gasteiger partial charge in [-0.1, -0.05) is 11.6 Å². The molecule has 1 unspecified atom stereocenters. The van der Waals surface area contributed by atoms with E-state index in [0.717, 1.165) is 34.9 Å². The molecule has 1 atom stereocenters. The number of hydrogen-bond donors (Lipinski definition) is 0. The summed E-state index contributed by atoms with van der Waals surface area (Å²) in [5.74, 6) is 0.0967. The fourth-order valence-electron chi connectivity index (χ4n) is 6.48. The summed E-state index contributed by atoms with van der Waals surface area (Å²) in [5, 5.41) is 4.87. The van der Waals surface area contributed by atoms with E-state index in [1.807, 2.05) is 24.1 Å². The Morgan fingerprint density at radius 2 is 1.93 bits per heavy atom. The summed E-state index contributed by atoms with van der Waals surface area (Å²) >= 11 is 6.51. The van der Waals surface area contributed by atoms with Gasteiger partial charge < -0.3 is 24.0 Å². The summed E-state index contributed by atoms with van der Waals surface area (Å²) in [6.45, 7) is 8.89. The number of rotatable bonds is 5. The molecule has 11 nitrogen and oxygen atoms in total. The minimum atomic E-state index is -0.737. The van der Waals surface area contributed by atoms with Gasteiger partial charge in [-0.15, -0.1) is 0 Å². The van der Waals surface area contributed by atoms with Crippen LogP contribution in [0.3, 0.4) is 0 Å². The molecule has 41 heavy (non-hydrogen) atoms. The number of carbonyl (C=O) groups is 3. The number of aryl methyl sites for hydroxylation is 1. The Balaban J connectivity index is 1.20. The number of halogens is 1. The van der Waals surface area contributed by atoms with Gasteiger partial charge in [0, 0.05) is 44.4 Å². The lowest BCUT2D eigenvalue weighted by Gasteiger charge is -2.44. The maximum absolute atomic E-state index is 13.8. The van der Waals surface area contributed by atoms with Crippen LogP contribution < -0.4 is 4.90 Å². The molecule has 3 fully saturated rings. The first-order valence-corrected chi connectivity index (χ1v) is 14.5. The van der Waals surface area contributed by atoms with Crippen molar-refractivity contribution in [2.75, 3.05) is 44.3 Å². The molecule has 3 aliphatic heterocycles. The molecule has 4 heterocycles. The van der Waals surface area contributed by atoms with Crippen LogP contribution in [0.15, 0.2) is 24.4 Å². The molecule has 6 rings (SSSR count). The minimum absolute atomic E-state index is 0.0171. The van der Waals surface area contributed by atoms with E-state index in [2.05, 4.69) is 16.1 Å². The number of carbonyl (C=O) groups excluding carboxylic acids is 3. The molecule has 0 radical (unpaired) electrons. The Kier molecular flexibility index (Phi) is 6.93. The maximum atomic E-state index is 13.8. The average Bonchev–Trinajstić information content (AvgIpc) is 3.51. The number of benzene rings is 1. The molecule has 0 bridgehead atoms. The van der Waals surface area contributed by atoms with Gasteiger partial charge >= 0.3 is 12.2 Å². The summed E-state index contributed by atoms with van der Waals surface area (Å²) in [6.07, 6.45) is 1.91. The molecule has 1 aliphatic carbocycles. The summed E-state index contributed by atoms with van der Waals surface area (Å²) in [6, 6.07) is 5.86. The Morgan fingerprint density at radius 1 is 1.20 bits per heavy atom. The third kappa shape index (κ3) is 5.25. The van der Waals surface area contributed by atoms with E-state index >= 15 is 0 Å². The third-order valence-corrected chi connectivity index (χ3v) is 8.71. The van der Waals surface area contributed by atoms with Gasteiger partial charge in [0.2, 0.25) is 0 Å². The molecule has 1 aromatic carbocycles. The number of morpholine rings is 1. The Hall–Kier alpha value is -3.31. The van der Waals surface area contributed by atoms with Crippen molar-refractivity contribution in [2.45, 2.75) is 57.3 Å². The second-order valence-corrected chi connectivity index (χ2v) is 12.9. The monoisotopic (exact) mass is 585 g/mol. The Morgan fingerprint density at radius 3 is 2.59 bits per heavy atom. The predicted octanol–water partition coefficient (Wildman–Crippen LogP) is 4.19. The lowest BCUT2D eigenvalue weighted by molar-refractivity contribution is -0.0564. The molecular formula is C29H36ClN5O6. The topological polar surface area (TPSA) is 106 Å². The van der Waals surface area contributed by atoms with Gasteiger partial charge in [-0.25, -0.2) is 14.5 Å². The zero-order chi connectivity index (χ0) is 29.1. The molecule has 3 amide bonds. The van der Waals surface area contributed by atoms with E-state index < -0.39 is 23.4 Å². The van der Waals surface area contributed by atoms with Gasteiger partial charge in [0.1, 0.15) is 11.2 Å². The van der Waals surface area contributed by atoms with E-state index in [4.69, 9.17) is 25.8 Å². The second kappa shape index (κ2) is 10.2. The van der Waals surface area contributed by atoms with Crippen LogP contribution in [0.2, 0.25) is 5.02 Å². The van der Waals surface area contributed by atoms with Crippen molar-refractivity contribution in [1.82, 2.24) is 19.6 Å². The van der Waals surface area contributed by atoms with Crippen LogP contribution in [0.25, 0.3) is 0 Å². The molecule has 2 saturated heterocycles. The number of imide groups is 1. The normalized spacial score (nSPS) is 25.9. The van der Waals surface area contributed by atoms with Crippen LogP contribution in [-0.2, 0) is 27.7 Å². The van der Waals surface area contributed by atoms with Crippen molar-refractivity contribution in [3.05, 3.63) is 46.2 Å². The highest BCUT2D eigenvalue weighted by Gasteiger charge is 2.57. The van der Waals surface area contributed by atoms with Gasteiger partial charge in [-0.2, -0.15) is 5.10 Å². The SMILES string of the molecule is Cn1ncc(Cl)c1CC1c2cc(N3CCOCC3)ccc2C(=O)N1CC1CC2(C1)CN(C(=O)OC(C)(C)C)C(=O)O2. The van der Waals surface area contributed by atoms with Crippen molar-refractivity contribution < 1.29 is 28.6 Å². The molecule has 1 aromatic heterocycles. The first-order valence-electron chi connectivity index (χ1n) is 14.1. The maximum Gasteiger partial charge on any atom is 0.420 e. The molecule has 4 aliphatic rings. The van der Waals surface area contributed by atoms with Crippen LogP contribution in [0.1, 0.15) is 61.3 Å². The molecule has 220 valence electrons. The van der Waals surface area contributed by atoms with Crippen LogP contribution in [0.5, 0.6) is 0 Å². The highest BCUT2D eigenvalue weighted by Crippen LogP contribution is 2.48. The van der Waals surface area contributed by atoms with Crippen molar-refractivity contribution in [2.24, 2.45) is 13.0 Å². The first-order chi connectivity index (χ1) is 19.4. The number of aromatic nitrogens is 2. The molecule has 0 N–H and O–H groups in total. The summed E-state index contributed by atoms with van der Waals surface area (Å²) in [5.41, 5.74) is 2.16. The number of nitrogens with zero attached hydrogens (tertiary/aromatic N) is 5. The largest absolute Gasteiger partial charge is 0.443 e. The van der Waals surface area contributed by atoms with E-state index in [9.17, 15) is 14.4 Å². The lowest BCUT2D eigenvalue weighted by atomic mass is 9.70. The van der Waals surface area contributed by atoms with Crippen molar-refractivity contribution in [1.29, 1.82) is 0 Å². The summed E-state index contributed by atoms with van der Waals surface area (Å²) in [4.78, 5) is 44.1. The molecule has 1 spiro atoms. The first kappa shape index (κ1) is 27.8. The number of amides is 3. The van der Waals surface area contributed by atoms with E-state index in [-0.39, 0.29) is 24.4 Å². The zero-order valence-electron chi connectivity index (χ0n) is 23.9. The van der Waals surface area contributed by atoms with Gasteiger partial charge in [0.05, 0.1) is 42.7 Å². The zero-order valence-corrected chi connectivity index (χ0v) is 24.6. The minimum Gasteiger partial charge on any atom is -0.443 e.